The van der Waals surface area contributed by atoms with Gasteiger partial charge in [-0.2, -0.15) is 5.26 Å². The van der Waals surface area contributed by atoms with Gasteiger partial charge >= 0.3 is 0 Å². The third-order valence-corrected chi connectivity index (χ3v) is 7.22. The maximum absolute atomic E-state index is 12.8. The van der Waals surface area contributed by atoms with Crippen LogP contribution in [0.5, 0.6) is 0 Å². The minimum Gasteiger partial charge on any atom is -0.326 e. The zero-order valence-electron chi connectivity index (χ0n) is 17.8. The van der Waals surface area contributed by atoms with Gasteiger partial charge in [0.15, 0.2) is 0 Å². The number of aryl methyl sites for hydroxylation is 1. The summed E-state index contributed by atoms with van der Waals surface area (Å²) in [6, 6.07) is 17.7. The highest BCUT2D eigenvalue weighted by Crippen LogP contribution is 2.36. The van der Waals surface area contributed by atoms with E-state index in [1.807, 2.05) is 67.8 Å². The average Bonchev–Trinajstić information content (AvgIpc) is 3.56. The number of nitriles is 1. The summed E-state index contributed by atoms with van der Waals surface area (Å²) in [6.45, 7) is 3.85. The van der Waals surface area contributed by atoms with Crippen molar-refractivity contribution in [3.05, 3.63) is 65.0 Å². The highest BCUT2D eigenvalue weighted by Gasteiger charge is 2.29. The van der Waals surface area contributed by atoms with Crippen LogP contribution in [-0.2, 0) is 9.59 Å². The molecular weight excluding hydrogens is 438 g/mol. The van der Waals surface area contributed by atoms with E-state index in [-0.39, 0.29) is 23.0 Å². The molecule has 1 unspecified atom stereocenters. The van der Waals surface area contributed by atoms with Gasteiger partial charge in [0, 0.05) is 27.4 Å². The summed E-state index contributed by atoms with van der Waals surface area (Å²) in [5, 5.41) is 17.7. The van der Waals surface area contributed by atoms with Crippen molar-refractivity contribution in [2.45, 2.75) is 36.8 Å². The molecule has 3 aromatic rings. The van der Waals surface area contributed by atoms with Crippen molar-refractivity contribution in [2.24, 2.45) is 5.92 Å². The predicted molar refractivity (Wildman–Crippen MR) is 131 cm³/mol. The van der Waals surface area contributed by atoms with Crippen molar-refractivity contribution in [3.8, 4) is 17.2 Å². The van der Waals surface area contributed by atoms with E-state index < -0.39 is 0 Å². The first-order valence-corrected chi connectivity index (χ1v) is 12.2. The van der Waals surface area contributed by atoms with Crippen LogP contribution in [0.15, 0.2) is 58.8 Å². The Kier molecular flexibility index (Phi) is 6.63. The van der Waals surface area contributed by atoms with Gasteiger partial charge in [-0.05, 0) is 50.5 Å². The van der Waals surface area contributed by atoms with Crippen molar-refractivity contribution in [1.29, 1.82) is 5.26 Å². The number of anilines is 2. The second-order valence-electron chi connectivity index (χ2n) is 7.87. The average molecular weight is 462 g/mol. The molecule has 5 nitrogen and oxygen atoms in total. The molecule has 1 fully saturated rings. The Morgan fingerprint density at radius 3 is 2.59 bits per heavy atom. The molecule has 2 amide bonds. The Morgan fingerprint density at radius 2 is 1.91 bits per heavy atom. The summed E-state index contributed by atoms with van der Waals surface area (Å²) >= 11 is 2.77. The highest BCUT2D eigenvalue weighted by molar-refractivity contribution is 8.00. The van der Waals surface area contributed by atoms with Crippen molar-refractivity contribution in [2.75, 3.05) is 10.6 Å². The number of nitrogens with one attached hydrogen (secondary N) is 2. The number of thioether (sulfide) groups is 1. The van der Waals surface area contributed by atoms with Gasteiger partial charge < -0.3 is 10.6 Å². The van der Waals surface area contributed by atoms with Gasteiger partial charge in [0.25, 0.3) is 0 Å². The monoisotopic (exact) mass is 461 g/mol. The van der Waals surface area contributed by atoms with Gasteiger partial charge in [0.2, 0.25) is 11.8 Å². The molecule has 2 aromatic carbocycles. The summed E-state index contributed by atoms with van der Waals surface area (Å²) in [6.07, 6.45) is 1.91. The minimum absolute atomic E-state index is 0.0593. The third-order valence-electron chi connectivity index (χ3n) is 5.23. The van der Waals surface area contributed by atoms with Gasteiger partial charge in [0.05, 0.1) is 10.8 Å². The molecule has 162 valence electrons. The van der Waals surface area contributed by atoms with Crippen LogP contribution in [0, 0.1) is 24.2 Å². The van der Waals surface area contributed by atoms with Crippen molar-refractivity contribution in [1.82, 2.24) is 0 Å². The summed E-state index contributed by atoms with van der Waals surface area (Å²) < 4.78 is 0. The standard InChI is InChI=1S/C25H23N3O2S2/c1-15-6-8-17(9-7-15)22-14-31-25(21(22)13-26)28-23(29)16(2)32-20-5-3-4-19(12-20)27-24(30)18-10-11-18/h3-9,12,14,16,18H,10-11H2,1-2H3,(H,27,30)(H,28,29). The van der Waals surface area contributed by atoms with Crippen LogP contribution in [0.25, 0.3) is 11.1 Å². The van der Waals surface area contributed by atoms with Gasteiger partial charge in [-0.1, -0.05) is 35.9 Å². The van der Waals surface area contributed by atoms with Crippen LogP contribution in [0.1, 0.15) is 30.9 Å². The van der Waals surface area contributed by atoms with Crippen LogP contribution in [0.2, 0.25) is 0 Å². The number of carbonyl (C=O) groups excluding carboxylic acids is 2. The van der Waals surface area contributed by atoms with Gasteiger partial charge in [0.1, 0.15) is 11.1 Å². The molecule has 0 bridgehead atoms. The van der Waals surface area contributed by atoms with E-state index in [0.29, 0.717) is 10.6 Å². The zero-order chi connectivity index (χ0) is 22.7. The largest absolute Gasteiger partial charge is 0.326 e. The number of carbonyl (C=O) groups is 2. The van der Waals surface area contributed by atoms with Crippen LogP contribution in [0.3, 0.4) is 0 Å². The lowest BCUT2D eigenvalue weighted by atomic mass is 10.0. The number of hydrogen-bond donors (Lipinski definition) is 2. The molecule has 1 atom stereocenters. The summed E-state index contributed by atoms with van der Waals surface area (Å²) in [4.78, 5) is 25.7. The Hall–Kier alpha value is -3.08. The zero-order valence-corrected chi connectivity index (χ0v) is 19.5. The first-order valence-electron chi connectivity index (χ1n) is 10.4. The second-order valence-corrected chi connectivity index (χ2v) is 10.2. The van der Waals surface area contributed by atoms with Crippen molar-refractivity contribution in [3.63, 3.8) is 0 Å². The van der Waals surface area contributed by atoms with Crippen LogP contribution in [0.4, 0.5) is 10.7 Å². The van der Waals surface area contributed by atoms with Gasteiger partial charge in [-0.3, -0.25) is 9.59 Å². The number of amides is 2. The number of nitrogens with zero attached hydrogens (tertiary/aromatic N) is 1. The molecule has 1 saturated carbocycles. The van der Waals surface area contributed by atoms with Crippen molar-refractivity contribution >= 4 is 45.6 Å². The molecule has 2 N–H and O–H groups in total. The van der Waals surface area contributed by atoms with E-state index in [4.69, 9.17) is 0 Å². The molecule has 1 aliphatic carbocycles. The maximum atomic E-state index is 12.8. The Balaban J connectivity index is 1.42. The SMILES string of the molecule is Cc1ccc(-c2csc(NC(=O)C(C)Sc3cccc(NC(=O)C4CC4)c3)c2C#N)cc1. The molecule has 1 heterocycles. The Bertz CT molecular complexity index is 1190. The first-order chi connectivity index (χ1) is 15.4. The smallest absolute Gasteiger partial charge is 0.238 e. The predicted octanol–water partition coefficient (Wildman–Crippen LogP) is 6.06. The van der Waals surface area contributed by atoms with E-state index in [0.717, 1.165) is 40.1 Å². The van der Waals surface area contributed by atoms with Gasteiger partial charge in [-0.15, -0.1) is 23.1 Å². The van der Waals surface area contributed by atoms with E-state index >= 15 is 0 Å². The number of hydrogen-bond acceptors (Lipinski definition) is 5. The Labute approximate surface area is 195 Å². The molecule has 0 spiro atoms. The molecule has 7 heteroatoms. The molecule has 1 aliphatic rings. The lowest BCUT2D eigenvalue weighted by Gasteiger charge is -2.12. The first kappa shape index (κ1) is 22.1. The van der Waals surface area contributed by atoms with Crippen LogP contribution < -0.4 is 10.6 Å². The quantitative estimate of drug-likeness (QED) is 0.419. The fourth-order valence-corrected chi connectivity index (χ4v) is 5.06. The molecule has 0 radical (unpaired) electrons. The van der Waals surface area contributed by atoms with E-state index in [1.54, 1.807) is 0 Å². The lowest BCUT2D eigenvalue weighted by molar-refractivity contribution is -0.117. The van der Waals surface area contributed by atoms with Crippen molar-refractivity contribution < 1.29 is 9.59 Å². The number of benzene rings is 2. The molecular formula is C25H23N3O2S2. The molecule has 4 rings (SSSR count). The number of rotatable bonds is 7. The topological polar surface area (TPSA) is 82.0 Å². The van der Waals surface area contributed by atoms with Crippen LogP contribution in [-0.4, -0.2) is 17.1 Å². The molecule has 0 aliphatic heterocycles. The second kappa shape index (κ2) is 9.60. The molecule has 0 saturated heterocycles. The van der Waals surface area contributed by atoms with E-state index in [9.17, 15) is 14.9 Å². The van der Waals surface area contributed by atoms with E-state index in [2.05, 4.69) is 16.7 Å². The van der Waals surface area contributed by atoms with Crippen LogP contribution >= 0.6 is 23.1 Å². The summed E-state index contributed by atoms with van der Waals surface area (Å²) in [5.74, 6) is 0.0289. The Morgan fingerprint density at radius 1 is 1.16 bits per heavy atom. The van der Waals surface area contributed by atoms with E-state index in [1.165, 1.54) is 23.1 Å². The molecule has 1 aromatic heterocycles. The van der Waals surface area contributed by atoms with Gasteiger partial charge in [-0.25, -0.2) is 0 Å². The highest BCUT2D eigenvalue weighted by atomic mass is 32.2. The fraction of sp³-hybridized carbons (Fsp3) is 0.240. The third kappa shape index (κ3) is 5.21. The lowest BCUT2D eigenvalue weighted by Crippen LogP contribution is -2.22. The normalized spacial score (nSPS) is 13.8. The summed E-state index contributed by atoms with van der Waals surface area (Å²) in [7, 11) is 0. The maximum Gasteiger partial charge on any atom is 0.238 e. The number of thiophene rings is 1. The minimum atomic E-state index is -0.374. The summed E-state index contributed by atoms with van der Waals surface area (Å²) in [5.41, 5.74) is 4.16. The fourth-order valence-electron chi connectivity index (χ4n) is 3.21. The molecule has 32 heavy (non-hydrogen) atoms.